The zero-order valence-electron chi connectivity index (χ0n) is 6.35. The number of aromatic nitrogens is 3. The Bertz CT molecular complexity index is 477. The van der Waals surface area contributed by atoms with Gasteiger partial charge in [0.2, 0.25) is 0 Å². The Kier molecular flexibility index (Phi) is 1.42. The molecule has 0 aliphatic heterocycles. The Hall–Kier alpha value is -2.11. The second-order valence-corrected chi connectivity index (χ2v) is 2.46. The third-order valence-corrected chi connectivity index (χ3v) is 1.68. The Morgan fingerprint density at radius 3 is 2.85 bits per heavy atom. The van der Waals surface area contributed by atoms with E-state index in [2.05, 4.69) is 15.4 Å². The van der Waals surface area contributed by atoms with E-state index in [0.29, 0.717) is 5.52 Å². The number of carboxylic acid groups (broad SMARTS) is 1. The standard InChI is InChI=1S/C7H5N3O3/c11-4-2-1-3-6(9-10-8-3)5(4)7(12)13/h1-2,11H,(H,12,13)(H,8,9,10). The molecule has 66 valence electrons. The summed E-state index contributed by atoms with van der Waals surface area (Å²) >= 11 is 0. The molecule has 13 heavy (non-hydrogen) atoms. The average Bonchev–Trinajstić information content (AvgIpc) is 2.50. The van der Waals surface area contributed by atoms with Gasteiger partial charge in [0.05, 0.1) is 0 Å². The summed E-state index contributed by atoms with van der Waals surface area (Å²) in [7, 11) is 0. The van der Waals surface area contributed by atoms with E-state index >= 15 is 0 Å². The number of carbonyl (C=O) groups is 1. The Balaban J connectivity index is 2.88. The highest BCUT2D eigenvalue weighted by Gasteiger charge is 2.16. The van der Waals surface area contributed by atoms with E-state index in [1.807, 2.05) is 0 Å². The number of H-pyrrole nitrogens is 1. The van der Waals surface area contributed by atoms with Gasteiger partial charge in [-0.2, -0.15) is 15.4 Å². The molecule has 0 fully saturated rings. The van der Waals surface area contributed by atoms with Gasteiger partial charge in [0.1, 0.15) is 22.3 Å². The topological polar surface area (TPSA) is 99.1 Å². The third kappa shape index (κ3) is 0.994. The summed E-state index contributed by atoms with van der Waals surface area (Å²) in [6.07, 6.45) is 0. The zero-order valence-corrected chi connectivity index (χ0v) is 6.35. The SMILES string of the molecule is O=C(O)c1c(O)ccc2n[nH]nc12. The van der Waals surface area contributed by atoms with Crippen LogP contribution in [-0.2, 0) is 0 Å². The van der Waals surface area contributed by atoms with Gasteiger partial charge in [0.25, 0.3) is 0 Å². The summed E-state index contributed by atoms with van der Waals surface area (Å²) in [6.45, 7) is 0. The van der Waals surface area contributed by atoms with Crippen LogP contribution in [0, 0.1) is 0 Å². The van der Waals surface area contributed by atoms with Gasteiger partial charge in [0, 0.05) is 0 Å². The van der Waals surface area contributed by atoms with E-state index in [1.54, 1.807) is 0 Å². The summed E-state index contributed by atoms with van der Waals surface area (Å²) in [6, 6.07) is 2.76. The third-order valence-electron chi connectivity index (χ3n) is 1.68. The van der Waals surface area contributed by atoms with E-state index in [1.165, 1.54) is 12.1 Å². The molecular weight excluding hydrogens is 174 g/mol. The van der Waals surface area contributed by atoms with Crippen molar-refractivity contribution in [3.05, 3.63) is 17.7 Å². The monoisotopic (exact) mass is 179 g/mol. The second kappa shape index (κ2) is 2.44. The van der Waals surface area contributed by atoms with Gasteiger partial charge in [0.15, 0.2) is 0 Å². The lowest BCUT2D eigenvalue weighted by Gasteiger charge is -1.97. The zero-order chi connectivity index (χ0) is 9.42. The highest BCUT2D eigenvalue weighted by atomic mass is 16.4. The van der Waals surface area contributed by atoms with Crippen LogP contribution in [0.3, 0.4) is 0 Å². The van der Waals surface area contributed by atoms with Crippen LogP contribution >= 0.6 is 0 Å². The summed E-state index contributed by atoms with van der Waals surface area (Å²) in [5, 5.41) is 27.6. The minimum atomic E-state index is -1.22. The number of nitrogens with zero attached hydrogens (tertiary/aromatic N) is 2. The first-order valence-electron chi connectivity index (χ1n) is 3.46. The predicted octanol–water partition coefficient (Wildman–Crippen LogP) is 0.362. The van der Waals surface area contributed by atoms with E-state index in [9.17, 15) is 9.90 Å². The molecule has 0 saturated heterocycles. The van der Waals surface area contributed by atoms with Crippen LogP contribution in [-0.4, -0.2) is 31.6 Å². The first-order valence-corrected chi connectivity index (χ1v) is 3.46. The maximum Gasteiger partial charge on any atom is 0.341 e. The van der Waals surface area contributed by atoms with Crippen LogP contribution < -0.4 is 0 Å². The summed E-state index contributed by atoms with van der Waals surface area (Å²) < 4.78 is 0. The number of aromatic hydroxyl groups is 1. The van der Waals surface area contributed by atoms with Crippen molar-refractivity contribution in [1.82, 2.24) is 15.4 Å². The number of hydrogen-bond donors (Lipinski definition) is 3. The van der Waals surface area contributed by atoms with E-state index in [0.717, 1.165) is 0 Å². The molecule has 0 aliphatic carbocycles. The van der Waals surface area contributed by atoms with Crippen molar-refractivity contribution >= 4 is 17.0 Å². The first kappa shape index (κ1) is 7.53. The van der Waals surface area contributed by atoms with Gasteiger partial charge in [-0.05, 0) is 12.1 Å². The molecule has 0 amide bonds. The fourth-order valence-corrected chi connectivity index (χ4v) is 1.11. The molecule has 0 unspecified atom stereocenters. The number of hydrogen-bond acceptors (Lipinski definition) is 4. The summed E-state index contributed by atoms with van der Waals surface area (Å²) in [5.74, 6) is -1.54. The fourth-order valence-electron chi connectivity index (χ4n) is 1.11. The number of carboxylic acids is 1. The highest BCUT2D eigenvalue weighted by molar-refractivity contribution is 6.03. The molecule has 6 heteroatoms. The highest BCUT2D eigenvalue weighted by Crippen LogP contribution is 2.23. The van der Waals surface area contributed by atoms with Crippen LogP contribution in [0.1, 0.15) is 10.4 Å². The number of nitrogens with one attached hydrogen (secondary N) is 1. The van der Waals surface area contributed by atoms with Crippen LogP contribution in [0.25, 0.3) is 11.0 Å². The maximum absolute atomic E-state index is 10.7. The molecule has 1 heterocycles. The average molecular weight is 179 g/mol. The first-order chi connectivity index (χ1) is 6.20. The number of aromatic carboxylic acids is 1. The molecule has 0 saturated carbocycles. The number of rotatable bonds is 1. The van der Waals surface area contributed by atoms with Crippen molar-refractivity contribution in [1.29, 1.82) is 0 Å². The maximum atomic E-state index is 10.7. The lowest BCUT2D eigenvalue weighted by atomic mass is 10.1. The van der Waals surface area contributed by atoms with E-state index < -0.39 is 5.97 Å². The molecule has 1 aromatic heterocycles. The Morgan fingerprint density at radius 1 is 1.38 bits per heavy atom. The predicted molar refractivity (Wildman–Crippen MR) is 42.5 cm³/mol. The van der Waals surface area contributed by atoms with Crippen LogP contribution in [0.5, 0.6) is 5.75 Å². The van der Waals surface area contributed by atoms with Gasteiger partial charge < -0.3 is 10.2 Å². The molecule has 0 aliphatic rings. The van der Waals surface area contributed by atoms with Crippen molar-refractivity contribution < 1.29 is 15.0 Å². The second-order valence-electron chi connectivity index (χ2n) is 2.46. The van der Waals surface area contributed by atoms with Crippen molar-refractivity contribution in [2.45, 2.75) is 0 Å². The number of aromatic amines is 1. The molecule has 6 nitrogen and oxygen atoms in total. The smallest absolute Gasteiger partial charge is 0.341 e. The largest absolute Gasteiger partial charge is 0.507 e. The number of benzene rings is 1. The van der Waals surface area contributed by atoms with Crippen molar-refractivity contribution in [2.24, 2.45) is 0 Å². The molecule has 2 aromatic rings. The fraction of sp³-hybridized carbons (Fsp3) is 0. The molecule has 0 radical (unpaired) electrons. The van der Waals surface area contributed by atoms with Gasteiger partial charge in [-0.3, -0.25) is 0 Å². The van der Waals surface area contributed by atoms with Gasteiger partial charge in [-0.1, -0.05) is 0 Å². The lowest BCUT2D eigenvalue weighted by Crippen LogP contribution is -1.98. The number of fused-ring (bicyclic) bond motifs is 1. The molecule has 0 atom stereocenters. The van der Waals surface area contributed by atoms with Crippen LogP contribution in [0.2, 0.25) is 0 Å². The molecule has 0 bridgehead atoms. The van der Waals surface area contributed by atoms with Crippen LogP contribution in [0.4, 0.5) is 0 Å². The van der Waals surface area contributed by atoms with E-state index in [4.69, 9.17) is 5.11 Å². The minimum absolute atomic E-state index is 0.160. The summed E-state index contributed by atoms with van der Waals surface area (Å²) in [5.41, 5.74) is 0.342. The van der Waals surface area contributed by atoms with Crippen molar-refractivity contribution in [2.75, 3.05) is 0 Å². The van der Waals surface area contributed by atoms with Gasteiger partial charge in [-0.25, -0.2) is 4.79 Å². The summed E-state index contributed by atoms with van der Waals surface area (Å²) in [4.78, 5) is 10.7. The van der Waals surface area contributed by atoms with Crippen molar-refractivity contribution in [3.63, 3.8) is 0 Å². The molecule has 3 N–H and O–H groups in total. The molecule has 2 rings (SSSR count). The molecular formula is C7H5N3O3. The Morgan fingerprint density at radius 2 is 2.15 bits per heavy atom. The normalized spacial score (nSPS) is 10.5. The molecule has 0 spiro atoms. The van der Waals surface area contributed by atoms with Gasteiger partial charge in [-0.15, -0.1) is 0 Å². The van der Waals surface area contributed by atoms with Crippen molar-refractivity contribution in [3.8, 4) is 5.75 Å². The quantitative estimate of drug-likeness (QED) is 0.587. The van der Waals surface area contributed by atoms with Gasteiger partial charge >= 0.3 is 5.97 Å². The Labute approximate surface area is 71.8 Å². The van der Waals surface area contributed by atoms with E-state index in [-0.39, 0.29) is 16.8 Å². The minimum Gasteiger partial charge on any atom is -0.507 e. The number of phenols is 1. The molecule has 1 aromatic carbocycles. The van der Waals surface area contributed by atoms with Crippen LogP contribution in [0.15, 0.2) is 12.1 Å². The lowest BCUT2D eigenvalue weighted by molar-refractivity contribution is 0.0696.